The molecular formula is C35H45N5O5. The summed E-state index contributed by atoms with van der Waals surface area (Å²) in [6, 6.07) is 10.1. The molecule has 3 aliphatic rings. The van der Waals surface area contributed by atoms with E-state index in [-0.39, 0.29) is 42.0 Å². The number of anilines is 1. The van der Waals surface area contributed by atoms with Crippen LogP contribution in [0.15, 0.2) is 59.2 Å². The number of fused-ring (bicyclic) bond motifs is 2. The van der Waals surface area contributed by atoms with Gasteiger partial charge in [-0.1, -0.05) is 81.4 Å². The number of carbonyl (C=O) groups excluding carboxylic acids is 3. The topological polar surface area (TPSA) is 162 Å². The zero-order valence-corrected chi connectivity index (χ0v) is 26.3. The number of ether oxygens (including phenoxy) is 2. The van der Waals surface area contributed by atoms with E-state index in [1.54, 1.807) is 36.5 Å². The largest absolute Gasteiger partial charge is 0.463 e. The van der Waals surface area contributed by atoms with Crippen LogP contribution in [0.2, 0.25) is 0 Å². The summed E-state index contributed by atoms with van der Waals surface area (Å²) in [5.74, 6) is -0.955. The lowest BCUT2D eigenvalue weighted by Crippen LogP contribution is -2.50. The summed E-state index contributed by atoms with van der Waals surface area (Å²) in [6.07, 6.45) is 13.3. The number of rotatable bonds is 13. The number of epoxide rings is 1. The minimum Gasteiger partial charge on any atom is -0.463 e. The van der Waals surface area contributed by atoms with Crippen molar-refractivity contribution in [3.8, 4) is 0 Å². The maximum absolute atomic E-state index is 13.9. The number of nitrogen functional groups attached to an aromatic ring is 1. The summed E-state index contributed by atoms with van der Waals surface area (Å²) < 4.78 is 11.6. The monoisotopic (exact) mass is 615 g/mol. The maximum Gasteiger partial charge on any atom is 0.350 e. The van der Waals surface area contributed by atoms with Gasteiger partial charge in [0.2, 0.25) is 5.78 Å². The number of carbonyl (C=O) groups is 3. The van der Waals surface area contributed by atoms with Crippen LogP contribution in [0, 0.1) is 0 Å². The number of unbranched alkanes of at least 4 members (excludes halogenated alkanes) is 3. The van der Waals surface area contributed by atoms with Gasteiger partial charge in [0, 0.05) is 23.7 Å². The number of nitrogens with two attached hydrogens (primary N) is 2. The number of hydrogen-bond donors (Lipinski definition) is 3. The maximum atomic E-state index is 13.9. The van der Waals surface area contributed by atoms with Crippen LogP contribution >= 0.6 is 0 Å². The van der Waals surface area contributed by atoms with Gasteiger partial charge >= 0.3 is 5.97 Å². The zero-order chi connectivity index (χ0) is 32.0. The second-order valence-electron chi connectivity index (χ2n) is 12.5. The van der Waals surface area contributed by atoms with Gasteiger partial charge in [-0.15, -0.1) is 0 Å². The number of hydrogen-bond acceptors (Lipinski definition) is 8. The van der Waals surface area contributed by atoms with Gasteiger partial charge in [-0.25, -0.2) is 9.78 Å². The quantitative estimate of drug-likeness (QED) is 0.0511. The first kappa shape index (κ1) is 32.3. The molecule has 0 bridgehead atoms. The smallest absolute Gasteiger partial charge is 0.350 e. The van der Waals surface area contributed by atoms with Crippen molar-refractivity contribution in [3.63, 3.8) is 0 Å². The number of ketones is 2. The fourth-order valence-corrected chi connectivity index (χ4v) is 6.61. The number of aromatic nitrogens is 1. The number of esters is 1. The molecule has 5 rings (SSSR count). The standard InChI is InChI=1S/C35H45N5O5/c1-3-4-5-11-20-44-32(43)35-31(42)27-15-10-9-14-26(27)30(41)34(35,45-35)18-16-23(2)21-28(24-17-19-38-29(36)22-24)40-33(37)39-25-12-7-6-8-13-25/h9-10,14-17,19,22,25,28H,3-8,11-13,18,20-21H2,1-2H3,(H2,36,38)(H3,37,39,40). The summed E-state index contributed by atoms with van der Waals surface area (Å²) in [6.45, 7) is 4.20. The molecule has 240 valence electrons. The molecule has 0 spiro atoms. The molecule has 1 aliphatic heterocycles. The lowest BCUT2D eigenvalue weighted by atomic mass is 9.72. The first-order chi connectivity index (χ1) is 21.7. The van der Waals surface area contributed by atoms with Crippen LogP contribution < -0.4 is 16.8 Å². The molecule has 2 aliphatic carbocycles. The molecule has 2 aromatic rings. The Labute approximate surface area is 265 Å². The van der Waals surface area contributed by atoms with Gasteiger partial charge in [-0.05, 0) is 50.3 Å². The zero-order valence-electron chi connectivity index (χ0n) is 26.3. The van der Waals surface area contributed by atoms with Crippen molar-refractivity contribution in [2.75, 3.05) is 12.3 Å². The van der Waals surface area contributed by atoms with Gasteiger partial charge in [0.1, 0.15) is 5.82 Å². The summed E-state index contributed by atoms with van der Waals surface area (Å²) in [5, 5.41) is 3.37. The van der Waals surface area contributed by atoms with Crippen LogP contribution in [0.25, 0.3) is 0 Å². The fourth-order valence-electron chi connectivity index (χ4n) is 6.61. The molecule has 2 heterocycles. The molecule has 1 aromatic heterocycles. The predicted molar refractivity (Wildman–Crippen MR) is 173 cm³/mol. The normalized spacial score (nSPS) is 24.0. The van der Waals surface area contributed by atoms with E-state index in [0.29, 0.717) is 24.6 Å². The van der Waals surface area contributed by atoms with E-state index in [9.17, 15) is 14.4 Å². The summed E-state index contributed by atoms with van der Waals surface area (Å²) in [4.78, 5) is 50.0. The van der Waals surface area contributed by atoms with Gasteiger partial charge < -0.3 is 26.3 Å². The third-order valence-corrected chi connectivity index (χ3v) is 9.17. The Morgan fingerprint density at radius 1 is 1.13 bits per heavy atom. The molecule has 3 unspecified atom stereocenters. The Morgan fingerprint density at radius 3 is 2.58 bits per heavy atom. The Kier molecular flexibility index (Phi) is 10.0. The molecule has 1 aromatic carbocycles. The van der Waals surface area contributed by atoms with E-state index in [1.807, 2.05) is 19.1 Å². The van der Waals surface area contributed by atoms with Crippen molar-refractivity contribution in [1.29, 1.82) is 0 Å². The lowest BCUT2D eigenvalue weighted by Gasteiger charge is -2.24. The highest BCUT2D eigenvalue weighted by Crippen LogP contribution is 2.58. The van der Waals surface area contributed by atoms with Gasteiger partial charge in [0.05, 0.1) is 18.7 Å². The Balaban J connectivity index is 1.37. The molecule has 3 atom stereocenters. The highest BCUT2D eigenvalue weighted by molar-refractivity contribution is 6.32. The van der Waals surface area contributed by atoms with E-state index in [2.05, 4.69) is 17.2 Å². The molecule has 10 heteroatoms. The van der Waals surface area contributed by atoms with Crippen LogP contribution in [0.3, 0.4) is 0 Å². The van der Waals surface area contributed by atoms with Crippen LogP contribution in [0.1, 0.15) is 117 Å². The van der Waals surface area contributed by atoms with Crippen molar-refractivity contribution < 1.29 is 23.9 Å². The SMILES string of the molecule is CCCCCCOC(=O)C12OC1(CC=C(C)CC(NC(N)=NC1CCCCC1)c1ccnc(N)c1)C(=O)c1ccccc1C2=O. The van der Waals surface area contributed by atoms with Crippen LogP contribution in [0.4, 0.5) is 5.82 Å². The van der Waals surface area contributed by atoms with E-state index in [4.69, 9.17) is 25.9 Å². The predicted octanol–water partition coefficient (Wildman–Crippen LogP) is 5.38. The number of Topliss-reactive ketones (excluding diaryl/α,β-unsaturated/α-hetero) is 2. The first-order valence-electron chi connectivity index (χ1n) is 16.2. The summed E-state index contributed by atoms with van der Waals surface area (Å²) in [7, 11) is 0. The summed E-state index contributed by atoms with van der Waals surface area (Å²) >= 11 is 0. The molecule has 2 fully saturated rings. The Morgan fingerprint density at radius 2 is 1.87 bits per heavy atom. The highest BCUT2D eigenvalue weighted by atomic mass is 16.7. The van der Waals surface area contributed by atoms with E-state index in [1.165, 1.54) is 6.42 Å². The van der Waals surface area contributed by atoms with E-state index >= 15 is 0 Å². The second kappa shape index (κ2) is 13.9. The van der Waals surface area contributed by atoms with Crippen molar-refractivity contribution in [1.82, 2.24) is 10.3 Å². The van der Waals surface area contributed by atoms with E-state index in [0.717, 1.165) is 56.1 Å². The lowest BCUT2D eigenvalue weighted by molar-refractivity contribution is -0.148. The molecule has 10 nitrogen and oxygen atoms in total. The third kappa shape index (κ3) is 6.66. The van der Waals surface area contributed by atoms with Crippen molar-refractivity contribution in [3.05, 3.63) is 70.9 Å². The van der Waals surface area contributed by atoms with Crippen molar-refractivity contribution >= 4 is 29.3 Å². The Bertz CT molecular complexity index is 1480. The molecule has 0 amide bonds. The number of nitrogens with zero attached hydrogens (tertiary/aromatic N) is 2. The Hall–Kier alpha value is -4.05. The number of pyridine rings is 1. The van der Waals surface area contributed by atoms with E-state index < -0.39 is 23.0 Å². The van der Waals surface area contributed by atoms with Crippen molar-refractivity contribution in [2.45, 2.75) is 108 Å². The molecular weight excluding hydrogens is 570 g/mol. The van der Waals surface area contributed by atoms with Crippen LogP contribution in [-0.4, -0.2) is 52.3 Å². The van der Waals surface area contributed by atoms with Crippen LogP contribution in [0.5, 0.6) is 0 Å². The number of benzene rings is 1. The van der Waals surface area contributed by atoms with Gasteiger partial charge in [0.25, 0.3) is 5.60 Å². The van der Waals surface area contributed by atoms with Crippen LogP contribution in [-0.2, 0) is 14.3 Å². The molecule has 1 saturated carbocycles. The third-order valence-electron chi connectivity index (χ3n) is 9.17. The minimum absolute atomic E-state index is 0.0412. The average Bonchev–Trinajstić information content (AvgIpc) is 3.75. The molecule has 1 saturated heterocycles. The average molecular weight is 616 g/mol. The second-order valence-corrected chi connectivity index (χ2v) is 12.5. The highest BCUT2D eigenvalue weighted by Gasteiger charge is 2.85. The molecule has 5 N–H and O–H groups in total. The number of guanidine groups is 1. The molecule has 0 radical (unpaired) electrons. The number of nitrogens with one attached hydrogen (secondary N) is 1. The van der Waals surface area contributed by atoms with Crippen molar-refractivity contribution in [2.24, 2.45) is 10.7 Å². The van der Waals surface area contributed by atoms with Gasteiger partial charge in [-0.2, -0.15) is 0 Å². The summed E-state index contributed by atoms with van der Waals surface area (Å²) in [5.41, 5.74) is 11.0. The minimum atomic E-state index is -1.98. The number of aliphatic imine (C=N–C) groups is 1. The van der Waals surface area contributed by atoms with Gasteiger partial charge in [0.15, 0.2) is 17.3 Å². The van der Waals surface area contributed by atoms with Gasteiger partial charge in [-0.3, -0.25) is 14.6 Å². The fraction of sp³-hybridized carbons (Fsp3) is 0.514. The first-order valence-corrected chi connectivity index (χ1v) is 16.2. The molecule has 45 heavy (non-hydrogen) atoms.